The van der Waals surface area contributed by atoms with Crippen molar-refractivity contribution < 1.29 is 9.32 Å². The van der Waals surface area contributed by atoms with Gasteiger partial charge in [-0.05, 0) is 36.4 Å². The van der Waals surface area contributed by atoms with E-state index in [0.717, 1.165) is 15.5 Å². The van der Waals surface area contributed by atoms with E-state index in [4.69, 9.17) is 4.52 Å². The summed E-state index contributed by atoms with van der Waals surface area (Å²) in [6.45, 7) is 0. The molecule has 0 aliphatic heterocycles. The molecule has 1 aromatic heterocycles. The average Bonchev–Trinajstić information content (AvgIpc) is 2.91. The number of halogens is 1. The number of carbonyl (C=O) groups excluding carboxylic acids is 1. The van der Waals surface area contributed by atoms with Gasteiger partial charge in [0.2, 0.25) is 5.91 Å². The number of carbonyl (C=O) groups is 1. The fourth-order valence-corrected chi connectivity index (χ4v) is 2.40. The second-order valence-corrected chi connectivity index (χ2v) is 5.65. The van der Waals surface area contributed by atoms with Crippen LogP contribution in [0.2, 0.25) is 0 Å². The van der Waals surface area contributed by atoms with E-state index in [1.54, 1.807) is 11.9 Å². The van der Waals surface area contributed by atoms with Crippen LogP contribution in [-0.4, -0.2) is 18.1 Å². The van der Waals surface area contributed by atoms with Gasteiger partial charge < -0.3 is 9.42 Å². The van der Waals surface area contributed by atoms with Crippen LogP contribution < -0.4 is 4.90 Å². The van der Waals surface area contributed by atoms with Crippen molar-refractivity contribution in [2.24, 2.45) is 0 Å². The lowest BCUT2D eigenvalue weighted by molar-refractivity contribution is -0.117. The van der Waals surface area contributed by atoms with Crippen LogP contribution in [0.4, 0.5) is 5.69 Å². The molecular weight excluding hydrogens is 332 g/mol. The highest BCUT2D eigenvalue weighted by atomic mass is 79.9. The van der Waals surface area contributed by atoms with Crippen LogP contribution in [0.15, 0.2) is 57.5 Å². The van der Waals surface area contributed by atoms with Gasteiger partial charge >= 0.3 is 0 Å². The van der Waals surface area contributed by atoms with Gasteiger partial charge in [0.1, 0.15) is 5.69 Å². The van der Waals surface area contributed by atoms with Crippen LogP contribution >= 0.6 is 15.9 Å². The third kappa shape index (κ3) is 2.83. The molecule has 0 aliphatic carbocycles. The molecule has 0 radical (unpaired) electrons. The van der Waals surface area contributed by atoms with E-state index in [9.17, 15) is 4.79 Å². The Morgan fingerprint density at radius 2 is 1.90 bits per heavy atom. The molecule has 1 amide bonds. The first-order chi connectivity index (χ1) is 10.1. The zero-order chi connectivity index (χ0) is 14.8. The number of benzene rings is 2. The SMILES string of the molecule is CN(C(=O)Cc1noc2ccccc12)c1ccc(Br)cc1. The lowest BCUT2D eigenvalue weighted by Crippen LogP contribution is -2.27. The van der Waals surface area contributed by atoms with Gasteiger partial charge in [0.25, 0.3) is 0 Å². The molecule has 4 nitrogen and oxygen atoms in total. The molecule has 106 valence electrons. The van der Waals surface area contributed by atoms with Crippen LogP contribution in [0, 0.1) is 0 Å². The van der Waals surface area contributed by atoms with E-state index < -0.39 is 0 Å². The summed E-state index contributed by atoms with van der Waals surface area (Å²) < 4.78 is 6.21. The van der Waals surface area contributed by atoms with Crippen molar-refractivity contribution in [2.75, 3.05) is 11.9 Å². The molecule has 0 aliphatic rings. The Kier molecular flexibility index (Phi) is 3.75. The Bertz CT molecular complexity index is 780. The minimum absolute atomic E-state index is 0.0311. The maximum absolute atomic E-state index is 12.4. The molecule has 0 spiro atoms. The second-order valence-electron chi connectivity index (χ2n) is 4.73. The van der Waals surface area contributed by atoms with Crippen molar-refractivity contribution in [3.8, 4) is 0 Å². The number of anilines is 1. The summed E-state index contributed by atoms with van der Waals surface area (Å²) in [4.78, 5) is 14.0. The van der Waals surface area contributed by atoms with Crippen molar-refractivity contribution in [3.63, 3.8) is 0 Å². The number of amides is 1. The lowest BCUT2D eigenvalue weighted by atomic mass is 10.1. The zero-order valence-corrected chi connectivity index (χ0v) is 13.0. The van der Waals surface area contributed by atoms with Crippen LogP contribution in [0.5, 0.6) is 0 Å². The van der Waals surface area contributed by atoms with E-state index in [1.807, 2.05) is 48.5 Å². The molecule has 0 fully saturated rings. The summed E-state index contributed by atoms with van der Waals surface area (Å²) in [7, 11) is 1.76. The molecule has 0 saturated heterocycles. The Balaban J connectivity index is 1.81. The number of hydrogen-bond donors (Lipinski definition) is 0. The van der Waals surface area contributed by atoms with Gasteiger partial charge in [-0.15, -0.1) is 0 Å². The summed E-state index contributed by atoms with van der Waals surface area (Å²) in [5.41, 5.74) is 2.21. The van der Waals surface area contributed by atoms with E-state index >= 15 is 0 Å². The van der Waals surface area contributed by atoms with Gasteiger partial charge in [-0.1, -0.05) is 33.2 Å². The molecule has 0 saturated carbocycles. The van der Waals surface area contributed by atoms with Crippen molar-refractivity contribution in [3.05, 3.63) is 58.7 Å². The van der Waals surface area contributed by atoms with Gasteiger partial charge in [-0.3, -0.25) is 4.79 Å². The smallest absolute Gasteiger partial charge is 0.232 e. The molecule has 0 bridgehead atoms. The van der Waals surface area contributed by atoms with Crippen molar-refractivity contribution in [2.45, 2.75) is 6.42 Å². The number of rotatable bonds is 3. The Hall–Kier alpha value is -2.14. The second kappa shape index (κ2) is 5.69. The fraction of sp³-hybridized carbons (Fsp3) is 0.125. The van der Waals surface area contributed by atoms with Gasteiger partial charge in [0.15, 0.2) is 5.58 Å². The number of aromatic nitrogens is 1. The molecule has 2 aromatic carbocycles. The first-order valence-corrected chi connectivity index (χ1v) is 7.30. The van der Waals surface area contributed by atoms with Crippen LogP contribution in [0.1, 0.15) is 5.69 Å². The summed E-state index contributed by atoms with van der Waals surface area (Å²) in [5, 5.41) is 4.88. The highest BCUT2D eigenvalue weighted by Gasteiger charge is 2.16. The first-order valence-electron chi connectivity index (χ1n) is 6.50. The number of para-hydroxylation sites is 1. The minimum Gasteiger partial charge on any atom is -0.356 e. The number of fused-ring (bicyclic) bond motifs is 1. The number of likely N-dealkylation sites (N-methyl/N-ethyl adjacent to an activating group) is 1. The quantitative estimate of drug-likeness (QED) is 0.725. The standard InChI is InChI=1S/C16H13BrN2O2/c1-19(12-8-6-11(17)7-9-12)16(20)10-14-13-4-2-3-5-15(13)21-18-14/h2-9H,10H2,1H3. The largest absolute Gasteiger partial charge is 0.356 e. The molecule has 0 unspecified atom stereocenters. The predicted molar refractivity (Wildman–Crippen MR) is 85.3 cm³/mol. The maximum Gasteiger partial charge on any atom is 0.232 e. The average molecular weight is 345 g/mol. The van der Waals surface area contributed by atoms with Crippen LogP contribution in [-0.2, 0) is 11.2 Å². The van der Waals surface area contributed by atoms with Crippen molar-refractivity contribution in [1.29, 1.82) is 0 Å². The molecule has 1 heterocycles. The molecule has 3 aromatic rings. The minimum atomic E-state index is -0.0311. The normalized spacial score (nSPS) is 10.8. The Morgan fingerprint density at radius 3 is 2.67 bits per heavy atom. The molecule has 21 heavy (non-hydrogen) atoms. The summed E-state index contributed by atoms with van der Waals surface area (Å²) in [6, 6.07) is 15.1. The van der Waals surface area contributed by atoms with Crippen molar-refractivity contribution >= 4 is 38.5 Å². The van der Waals surface area contributed by atoms with E-state index in [2.05, 4.69) is 21.1 Å². The van der Waals surface area contributed by atoms with Gasteiger partial charge in [0.05, 0.1) is 6.42 Å². The van der Waals surface area contributed by atoms with Crippen LogP contribution in [0.25, 0.3) is 11.0 Å². The monoisotopic (exact) mass is 344 g/mol. The third-order valence-electron chi connectivity index (χ3n) is 3.36. The van der Waals surface area contributed by atoms with Gasteiger partial charge in [0, 0.05) is 22.6 Å². The summed E-state index contributed by atoms with van der Waals surface area (Å²) >= 11 is 3.38. The topological polar surface area (TPSA) is 46.3 Å². The maximum atomic E-state index is 12.4. The number of hydrogen-bond acceptors (Lipinski definition) is 3. The van der Waals surface area contributed by atoms with Gasteiger partial charge in [-0.25, -0.2) is 0 Å². The number of nitrogens with zero attached hydrogens (tertiary/aromatic N) is 2. The van der Waals surface area contributed by atoms with Crippen LogP contribution in [0.3, 0.4) is 0 Å². The fourth-order valence-electron chi connectivity index (χ4n) is 2.14. The van der Waals surface area contributed by atoms with E-state index in [0.29, 0.717) is 11.3 Å². The van der Waals surface area contributed by atoms with Gasteiger partial charge in [-0.2, -0.15) is 0 Å². The molecule has 0 atom stereocenters. The zero-order valence-electron chi connectivity index (χ0n) is 11.4. The van der Waals surface area contributed by atoms with Crippen molar-refractivity contribution in [1.82, 2.24) is 5.16 Å². The highest BCUT2D eigenvalue weighted by molar-refractivity contribution is 9.10. The summed E-state index contributed by atoms with van der Waals surface area (Å²) in [6.07, 6.45) is 0.212. The molecule has 5 heteroatoms. The van der Waals surface area contributed by atoms with E-state index in [-0.39, 0.29) is 12.3 Å². The Morgan fingerprint density at radius 1 is 1.19 bits per heavy atom. The molecular formula is C16H13BrN2O2. The summed E-state index contributed by atoms with van der Waals surface area (Å²) in [5.74, 6) is -0.0311. The van der Waals surface area contributed by atoms with E-state index in [1.165, 1.54) is 0 Å². The Labute approximate surface area is 130 Å². The molecule has 0 N–H and O–H groups in total. The highest BCUT2D eigenvalue weighted by Crippen LogP contribution is 2.21. The predicted octanol–water partition coefficient (Wildman–Crippen LogP) is 3.80. The third-order valence-corrected chi connectivity index (χ3v) is 3.89. The lowest BCUT2D eigenvalue weighted by Gasteiger charge is -2.16. The first kappa shape index (κ1) is 13.8. The molecule has 3 rings (SSSR count).